The van der Waals surface area contributed by atoms with E-state index in [0.29, 0.717) is 18.2 Å². The first-order valence-electron chi connectivity index (χ1n) is 15.2. The minimum atomic E-state index is -0.577. The van der Waals surface area contributed by atoms with Gasteiger partial charge in [0.1, 0.15) is 23.6 Å². The van der Waals surface area contributed by atoms with Gasteiger partial charge in [-0.1, -0.05) is 36.4 Å². The highest BCUT2D eigenvalue weighted by Gasteiger charge is 2.19. The van der Waals surface area contributed by atoms with E-state index in [0.717, 1.165) is 38.7 Å². The highest BCUT2D eigenvalue weighted by molar-refractivity contribution is 5.97. The Morgan fingerprint density at radius 2 is 1.57 bits per heavy atom. The van der Waals surface area contributed by atoms with Gasteiger partial charge in [0.25, 0.3) is 0 Å². The van der Waals surface area contributed by atoms with Crippen molar-refractivity contribution in [3.05, 3.63) is 108 Å². The summed E-state index contributed by atoms with van der Waals surface area (Å²) in [6, 6.07) is 23.6. The molecule has 1 amide bonds. The topological polar surface area (TPSA) is 105 Å². The number of alkyl carbamates (subject to hydrolysis) is 1. The molecule has 3 aromatic carbocycles. The number of ether oxygens (including phenoxy) is 3. The van der Waals surface area contributed by atoms with E-state index in [9.17, 15) is 9.59 Å². The first kappa shape index (κ1) is 32.2. The predicted octanol–water partition coefficient (Wildman–Crippen LogP) is 7.82. The van der Waals surface area contributed by atoms with Crippen molar-refractivity contribution in [1.82, 2.24) is 19.9 Å². The lowest BCUT2D eigenvalue weighted by Crippen LogP contribution is -2.32. The monoisotopic (exact) mass is 622 g/mol. The van der Waals surface area contributed by atoms with E-state index in [1.165, 1.54) is 0 Å². The molecule has 1 N–H and O–H groups in total. The Balaban J connectivity index is 0.00000500. The van der Waals surface area contributed by atoms with E-state index in [2.05, 4.69) is 33.5 Å². The normalized spacial score (nSPS) is 11.7. The Morgan fingerprint density at radius 1 is 0.826 bits per heavy atom. The van der Waals surface area contributed by atoms with Gasteiger partial charge >= 0.3 is 12.1 Å². The number of hydrogen-bond acceptors (Lipinski definition) is 7. The zero-order chi connectivity index (χ0) is 32.9. The van der Waals surface area contributed by atoms with Crippen LogP contribution in [0.1, 0.15) is 59.7 Å². The zero-order valence-corrected chi connectivity index (χ0v) is 27.2. The number of esters is 1. The van der Waals surface area contributed by atoms with Gasteiger partial charge in [-0.25, -0.2) is 14.8 Å². The van der Waals surface area contributed by atoms with Crippen LogP contribution in [0.5, 0.6) is 5.75 Å². The number of para-hydroxylation sites is 1. The minimum Gasteiger partial charge on any atom is -0.489 e. The molecular formula is C37H42N4O5. The minimum absolute atomic E-state index is 0. The van der Waals surface area contributed by atoms with Crippen LogP contribution in [0.4, 0.5) is 4.79 Å². The van der Waals surface area contributed by atoms with Gasteiger partial charge in [-0.15, -0.1) is 0 Å². The van der Waals surface area contributed by atoms with Crippen molar-refractivity contribution in [3.63, 3.8) is 0 Å². The first-order valence-corrected chi connectivity index (χ1v) is 15.2. The summed E-state index contributed by atoms with van der Waals surface area (Å²) in [6.07, 6.45) is 5.02. The molecule has 0 aliphatic carbocycles. The molecule has 0 atom stereocenters. The lowest BCUT2D eigenvalue weighted by atomic mass is 9.97. The fourth-order valence-corrected chi connectivity index (χ4v) is 5.03. The molecule has 0 spiro atoms. The summed E-state index contributed by atoms with van der Waals surface area (Å²) < 4.78 is 19.2. The van der Waals surface area contributed by atoms with Gasteiger partial charge in [0.05, 0.1) is 11.9 Å². The number of amides is 1. The summed E-state index contributed by atoms with van der Waals surface area (Å²) in [5.41, 5.74) is 4.35. The smallest absolute Gasteiger partial charge is 0.407 e. The number of nitrogens with one attached hydrogen (secondary N) is 1. The standard InChI is InChI=1S/C37H40N4O5.H2/c1-36(2,3)45-33(42)22-28-12-7-8-14-32(28)44-24-26-20-30(29-15-18-41(31(29)21-26)34-38-16-10-17-39-34)27-13-9-11-25(19-27)23-40-35(43)46-37(4,5)6;/h7-21H,22-24H2,1-6H3,(H,40,43);1H. The summed E-state index contributed by atoms with van der Waals surface area (Å²) in [4.78, 5) is 33.8. The molecule has 240 valence electrons. The van der Waals surface area contributed by atoms with Crippen molar-refractivity contribution < 1.29 is 25.2 Å². The maximum Gasteiger partial charge on any atom is 0.407 e. The number of hydrogen-bond donors (Lipinski definition) is 1. The number of benzene rings is 3. The van der Waals surface area contributed by atoms with Crippen molar-refractivity contribution in [1.29, 1.82) is 0 Å². The van der Waals surface area contributed by atoms with Crippen LogP contribution in [0.25, 0.3) is 28.0 Å². The van der Waals surface area contributed by atoms with Crippen LogP contribution < -0.4 is 10.1 Å². The lowest BCUT2D eigenvalue weighted by Gasteiger charge is -2.20. The summed E-state index contributed by atoms with van der Waals surface area (Å²) in [5.74, 6) is 0.862. The van der Waals surface area contributed by atoms with Gasteiger partial charge in [0.15, 0.2) is 0 Å². The number of nitrogens with zero attached hydrogens (tertiary/aromatic N) is 3. The SMILES string of the molecule is CC(C)(C)OC(=O)Cc1ccccc1OCc1cc(-c2cccc(CNC(=O)OC(C)(C)C)c2)c2ccn(-c3ncccn3)c2c1.[HH]. The van der Waals surface area contributed by atoms with E-state index in [-0.39, 0.29) is 20.4 Å². The van der Waals surface area contributed by atoms with Gasteiger partial charge in [0, 0.05) is 37.5 Å². The summed E-state index contributed by atoms with van der Waals surface area (Å²) in [5, 5.41) is 3.86. The van der Waals surface area contributed by atoms with Gasteiger partial charge in [-0.05, 0) is 100 Å². The van der Waals surface area contributed by atoms with E-state index in [1.54, 1.807) is 18.5 Å². The van der Waals surface area contributed by atoms with E-state index >= 15 is 0 Å². The third-order valence-corrected chi connectivity index (χ3v) is 6.83. The molecule has 2 aromatic heterocycles. The molecule has 5 aromatic rings. The van der Waals surface area contributed by atoms with Gasteiger partial charge in [0.2, 0.25) is 5.95 Å². The molecule has 2 heterocycles. The van der Waals surface area contributed by atoms with Crippen molar-refractivity contribution in [2.24, 2.45) is 0 Å². The molecule has 5 rings (SSSR count). The number of carbonyl (C=O) groups is 2. The third-order valence-electron chi connectivity index (χ3n) is 6.83. The Bertz CT molecular complexity index is 1840. The number of fused-ring (bicyclic) bond motifs is 1. The molecule has 9 nitrogen and oxygen atoms in total. The van der Waals surface area contributed by atoms with Crippen molar-refractivity contribution in [2.45, 2.75) is 72.3 Å². The third kappa shape index (κ3) is 8.50. The highest BCUT2D eigenvalue weighted by atomic mass is 16.6. The molecule has 46 heavy (non-hydrogen) atoms. The van der Waals surface area contributed by atoms with Crippen LogP contribution in [0, 0.1) is 0 Å². The molecule has 0 unspecified atom stereocenters. The average molecular weight is 623 g/mol. The molecule has 0 saturated heterocycles. The van der Waals surface area contributed by atoms with Gasteiger partial charge in [-0.2, -0.15) is 0 Å². The lowest BCUT2D eigenvalue weighted by molar-refractivity contribution is -0.153. The van der Waals surface area contributed by atoms with E-state index in [4.69, 9.17) is 14.2 Å². The Hall–Kier alpha value is -5.18. The van der Waals surface area contributed by atoms with Crippen molar-refractivity contribution >= 4 is 23.0 Å². The second-order valence-corrected chi connectivity index (χ2v) is 13.0. The highest BCUT2D eigenvalue weighted by Crippen LogP contribution is 2.33. The number of aromatic nitrogens is 3. The molecule has 0 aliphatic rings. The number of carbonyl (C=O) groups excluding carboxylic acids is 2. The molecule has 0 saturated carbocycles. The van der Waals surface area contributed by atoms with Gasteiger partial charge < -0.3 is 19.5 Å². The molecule has 9 heteroatoms. The maximum atomic E-state index is 12.6. The Labute approximate surface area is 271 Å². The van der Waals surface area contributed by atoms with Crippen LogP contribution in [-0.2, 0) is 33.8 Å². The average Bonchev–Trinajstić information content (AvgIpc) is 3.42. The van der Waals surface area contributed by atoms with E-state index < -0.39 is 17.3 Å². The van der Waals surface area contributed by atoms with Crippen LogP contribution in [0.2, 0.25) is 0 Å². The largest absolute Gasteiger partial charge is 0.489 e. The number of rotatable bonds is 9. The quantitative estimate of drug-likeness (QED) is 0.167. The predicted molar refractivity (Wildman–Crippen MR) is 180 cm³/mol. The second-order valence-electron chi connectivity index (χ2n) is 13.0. The summed E-state index contributed by atoms with van der Waals surface area (Å²) in [7, 11) is 0. The van der Waals surface area contributed by atoms with Crippen molar-refractivity contribution in [2.75, 3.05) is 0 Å². The fourth-order valence-electron chi connectivity index (χ4n) is 5.03. The molecule has 0 bridgehead atoms. The fraction of sp³-hybridized carbons (Fsp3) is 0.297. The Morgan fingerprint density at radius 3 is 2.30 bits per heavy atom. The molecule has 0 aliphatic heterocycles. The summed E-state index contributed by atoms with van der Waals surface area (Å²) in [6.45, 7) is 11.6. The summed E-state index contributed by atoms with van der Waals surface area (Å²) >= 11 is 0. The van der Waals surface area contributed by atoms with E-state index in [1.807, 2.05) is 101 Å². The van der Waals surface area contributed by atoms with Crippen LogP contribution in [0.15, 0.2) is 91.4 Å². The van der Waals surface area contributed by atoms with Crippen LogP contribution in [0.3, 0.4) is 0 Å². The first-order chi connectivity index (χ1) is 21.8. The molecule has 0 radical (unpaired) electrons. The maximum absolute atomic E-state index is 12.6. The van der Waals surface area contributed by atoms with Gasteiger partial charge in [-0.3, -0.25) is 9.36 Å². The molecular weight excluding hydrogens is 580 g/mol. The molecule has 0 fully saturated rings. The Kier molecular flexibility index (Phi) is 9.41. The van der Waals surface area contributed by atoms with Crippen molar-refractivity contribution in [3.8, 4) is 22.8 Å². The van der Waals surface area contributed by atoms with Crippen LogP contribution >= 0.6 is 0 Å². The zero-order valence-electron chi connectivity index (χ0n) is 27.2. The second kappa shape index (κ2) is 13.4. The van der Waals surface area contributed by atoms with Crippen LogP contribution in [-0.4, -0.2) is 37.8 Å².